The van der Waals surface area contributed by atoms with Crippen molar-refractivity contribution in [2.45, 2.75) is 20.4 Å². The van der Waals surface area contributed by atoms with E-state index < -0.39 is 0 Å². The second-order valence-electron chi connectivity index (χ2n) is 5.30. The van der Waals surface area contributed by atoms with Crippen LogP contribution in [0.15, 0.2) is 42.5 Å². The molecule has 0 fully saturated rings. The van der Waals surface area contributed by atoms with E-state index in [1.807, 2.05) is 29.8 Å². The first-order chi connectivity index (χ1) is 10.6. The van der Waals surface area contributed by atoms with E-state index >= 15 is 0 Å². The molecule has 2 aromatic carbocycles. The average molecular weight is 313 g/mol. The van der Waals surface area contributed by atoms with Crippen molar-refractivity contribution in [1.82, 2.24) is 15.0 Å². The Morgan fingerprint density at radius 3 is 2.50 bits per heavy atom. The summed E-state index contributed by atoms with van der Waals surface area (Å²) in [5.41, 5.74) is 11.7. The molecule has 0 saturated carbocycles. The van der Waals surface area contributed by atoms with Crippen LogP contribution in [0.25, 0.3) is 16.9 Å². The molecule has 0 aliphatic heterocycles. The molecule has 1 heterocycles. The maximum absolute atomic E-state index is 6.14. The number of hydrogen-bond acceptors (Lipinski definition) is 3. The minimum atomic E-state index is 0.336. The zero-order valence-electron chi connectivity index (χ0n) is 12.5. The number of hydrogen-bond donors (Lipinski definition) is 1. The van der Waals surface area contributed by atoms with Gasteiger partial charge in [0.05, 0.1) is 11.4 Å². The topological polar surface area (TPSA) is 56.7 Å². The van der Waals surface area contributed by atoms with Gasteiger partial charge in [0.1, 0.15) is 5.69 Å². The number of aryl methyl sites for hydroxylation is 2. The molecule has 0 saturated heterocycles. The van der Waals surface area contributed by atoms with Gasteiger partial charge in [-0.25, -0.2) is 4.68 Å². The van der Waals surface area contributed by atoms with E-state index in [0.717, 1.165) is 28.2 Å². The number of nitrogens with zero attached hydrogens (tertiary/aromatic N) is 3. The Morgan fingerprint density at radius 2 is 1.82 bits per heavy atom. The summed E-state index contributed by atoms with van der Waals surface area (Å²) in [6.45, 7) is 4.42. The smallest absolute Gasteiger partial charge is 0.105 e. The summed E-state index contributed by atoms with van der Waals surface area (Å²) >= 11 is 6.14. The molecular weight excluding hydrogens is 296 g/mol. The summed E-state index contributed by atoms with van der Waals surface area (Å²) in [6, 6.07) is 14.0. The van der Waals surface area contributed by atoms with E-state index in [0.29, 0.717) is 11.6 Å². The van der Waals surface area contributed by atoms with Gasteiger partial charge in [-0.2, -0.15) is 0 Å². The van der Waals surface area contributed by atoms with E-state index in [-0.39, 0.29) is 0 Å². The minimum Gasteiger partial charge on any atom is -0.325 e. The summed E-state index contributed by atoms with van der Waals surface area (Å²) in [5.74, 6) is 0. The van der Waals surface area contributed by atoms with Crippen molar-refractivity contribution in [3.05, 3.63) is 64.3 Å². The van der Waals surface area contributed by atoms with Crippen LogP contribution in [0, 0.1) is 13.8 Å². The van der Waals surface area contributed by atoms with E-state index in [9.17, 15) is 0 Å². The van der Waals surface area contributed by atoms with Crippen molar-refractivity contribution < 1.29 is 0 Å². The van der Waals surface area contributed by atoms with Gasteiger partial charge in [-0.3, -0.25) is 0 Å². The zero-order chi connectivity index (χ0) is 15.7. The van der Waals surface area contributed by atoms with Crippen molar-refractivity contribution in [3.63, 3.8) is 0 Å². The van der Waals surface area contributed by atoms with Crippen LogP contribution in [-0.2, 0) is 6.54 Å². The van der Waals surface area contributed by atoms with Gasteiger partial charge in [-0.1, -0.05) is 52.7 Å². The summed E-state index contributed by atoms with van der Waals surface area (Å²) in [5, 5.41) is 9.18. The summed E-state index contributed by atoms with van der Waals surface area (Å²) in [6.07, 6.45) is 0. The van der Waals surface area contributed by atoms with Crippen LogP contribution in [0.2, 0.25) is 5.02 Å². The maximum Gasteiger partial charge on any atom is 0.105 e. The van der Waals surface area contributed by atoms with Crippen LogP contribution in [0.5, 0.6) is 0 Å². The highest BCUT2D eigenvalue weighted by Crippen LogP contribution is 2.28. The van der Waals surface area contributed by atoms with Crippen LogP contribution in [-0.4, -0.2) is 15.0 Å². The maximum atomic E-state index is 6.14. The monoisotopic (exact) mass is 312 g/mol. The molecule has 112 valence electrons. The van der Waals surface area contributed by atoms with Crippen molar-refractivity contribution in [2.75, 3.05) is 0 Å². The Bertz CT molecular complexity index is 806. The average Bonchev–Trinajstić information content (AvgIpc) is 2.94. The Morgan fingerprint density at radius 1 is 1.09 bits per heavy atom. The van der Waals surface area contributed by atoms with Gasteiger partial charge < -0.3 is 5.73 Å². The number of halogens is 1. The van der Waals surface area contributed by atoms with Crippen LogP contribution >= 0.6 is 11.6 Å². The molecule has 3 rings (SSSR count). The Hall–Kier alpha value is -2.17. The molecule has 0 amide bonds. The highest BCUT2D eigenvalue weighted by atomic mass is 35.5. The molecule has 0 bridgehead atoms. The highest BCUT2D eigenvalue weighted by molar-refractivity contribution is 6.30. The lowest BCUT2D eigenvalue weighted by Crippen LogP contribution is -2.04. The molecule has 4 nitrogen and oxygen atoms in total. The third kappa shape index (κ3) is 2.63. The first kappa shape index (κ1) is 14.8. The second-order valence-corrected chi connectivity index (χ2v) is 5.73. The predicted molar refractivity (Wildman–Crippen MR) is 89.2 cm³/mol. The summed E-state index contributed by atoms with van der Waals surface area (Å²) in [7, 11) is 0. The highest BCUT2D eigenvalue weighted by Gasteiger charge is 2.16. The normalized spacial score (nSPS) is 10.9. The molecule has 0 spiro atoms. The molecule has 1 aromatic heterocycles. The van der Waals surface area contributed by atoms with E-state index in [2.05, 4.69) is 41.5 Å². The largest absolute Gasteiger partial charge is 0.325 e. The van der Waals surface area contributed by atoms with Crippen molar-refractivity contribution in [3.8, 4) is 16.9 Å². The van der Waals surface area contributed by atoms with Gasteiger partial charge in [0.15, 0.2) is 0 Å². The molecule has 0 unspecified atom stereocenters. The molecule has 0 radical (unpaired) electrons. The quantitative estimate of drug-likeness (QED) is 0.803. The first-order valence-corrected chi connectivity index (χ1v) is 7.46. The Labute approximate surface area is 134 Å². The second kappa shape index (κ2) is 5.91. The van der Waals surface area contributed by atoms with Gasteiger partial charge in [0, 0.05) is 17.1 Å². The van der Waals surface area contributed by atoms with Gasteiger partial charge >= 0.3 is 0 Å². The zero-order valence-corrected chi connectivity index (χ0v) is 13.3. The SMILES string of the molecule is Cc1ccc(-c2c(CN)nnn2-c2cc(Cl)ccc2C)cc1. The van der Waals surface area contributed by atoms with Gasteiger partial charge in [0.2, 0.25) is 0 Å². The van der Waals surface area contributed by atoms with E-state index in [4.69, 9.17) is 17.3 Å². The number of benzene rings is 2. The third-order valence-electron chi connectivity index (χ3n) is 3.66. The van der Waals surface area contributed by atoms with Crippen LogP contribution in [0.4, 0.5) is 0 Å². The minimum absolute atomic E-state index is 0.336. The Balaban J connectivity index is 2.23. The molecule has 5 heteroatoms. The summed E-state index contributed by atoms with van der Waals surface area (Å²) < 4.78 is 1.81. The number of nitrogens with two attached hydrogens (primary N) is 1. The molecule has 0 aliphatic rings. The van der Waals surface area contributed by atoms with Crippen LogP contribution < -0.4 is 5.73 Å². The fraction of sp³-hybridized carbons (Fsp3) is 0.176. The standard InChI is InChI=1S/C17H17ClN4/c1-11-3-6-13(7-4-11)17-15(10-19)20-21-22(17)16-9-14(18)8-5-12(16)2/h3-9H,10,19H2,1-2H3. The molecule has 0 aliphatic carbocycles. The lowest BCUT2D eigenvalue weighted by molar-refractivity contribution is 0.796. The van der Waals surface area contributed by atoms with Crippen molar-refractivity contribution in [2.24, 2.45) is 5.73 Å². The van der Waals surface area contributed by atoms with E-state index in [1.54, 1.807) is 0 Å². The fourth-order valence-corrected chi connectivity index (χ4v) is 2.60. The molecule has 3 aromatic rings. The number of rotatable bonds is 3. The lowest BCUT2D eigenvalue weighted by Gasteiger charge is -2.11. The molecule has 0 atom stereocenters. The summed E-state index contributed by atoms with van der Waals surface area (Å²) in [4.78, 5) is 0. The molecule has 22 heavy (non-hydrogen) atoms. The fourth-order valence-electron chi connectivity index (χ4n) is 2.43. The number of aromatic nitrogens is 3. The molecule has 2 N–H and O–H groups in total. The van der Waals surface area contributed by atoms with Gasteiger partial charge in [-0.15, -0.1) is 5.10 Å². The van der Waals surface area contributed by atoms with Crippen LogP contribution in [0.3, 0.4) is 0 Å². The lowest BCUT2D eigenvalue weighted by atomic mass is 10.1. The van der Waals surface area contributed by atoms with Gasteiger partial charge in [-0.05, 0) is 31.5 Å². The van der Waals surface area contributed by atoms with Crippen LogP contribution in [0.1, 0.15) is 16.8 Å². The molecular formula is C17H17ClN4. The van der Waals surface area contributed by atoms with Gasteiger partial charge in [0.25, 0.3) is 0 Å². The van der Waals surface area contributed by atoms with Crippen molar-refractivity contribution in [1.29, 1.82) is 0 Å². The third-order valence-corrected chi connectivity index (χ3v) is 3.89. The van der Waals surface area contributed by atoms with Crippen molar-refractivity contribution >= 4 is 11.6 Å². The van der Waals surface area contributed by atoms with E-state index in [1.165, 1.54) is 5.56 Å². The predicted octanol–water partition coefficient (Wildman–Crippen LogP) is 3.66. The Kier molecular flexibility index (Phi) is 3.96. The first-order valence-electron chi connectivity index (χ1n) is 7.08.